The second-order valence-electron chi connectivity index (χ2n) is 8.87. The SMILES string of the molecule is CCN(CC)S(=O)(=O)c1ccc(C(=O)Nc2sc3c(c2C(=O)N2CCOCC2)CCN(C(C)=O)C3)cc1. The maximum absolute atomic E-state index is 13.5. The van der Waals surface area contributed by atoms with Crippen molar-refractivity contribution in [1.29, 1.82) is 0 Å². The van der Waals surface area contributed by atoms with Gasteiger partial charge in [-0.05, 0) is 36.2 Å². The number of morpholine rings is 1. The lowest BCUT2D eigenvalue weighted by Gasteiger charge is -2.29. The van der Waals surface area contributed by atoms with Crippen molar-refractivity contribution in [3.05, 3.63) is 45.8 Å². The van der Waals surface area contributed by atoms with Gasteiger partial charge in [-0.15, -0.1) is 11.3 Å². The smallest absolute Gasteiger partial charge is 0.257 e. The van der Waals surface area contributed by atoms with Gasteiger partial charge in [0.1, 0.15) is 5.00 Å². The highest BCUT2D eigenvalue weighted by molar-refractivity contribution is 7.89. The summed E-state index contributed by atoms with van der Waals surface area (Å²) >= 11 is 1.31. The van der Waals surface area contributed by atoms with E-state index in [1.165, 1.54) is 46.8 Å². The summed E-state index contributed by atoms with van der Waals surface area (Å²) in [4.78, 5) is 43.1. The molecule has 2 aromatic rings. The monoisotopic (exact) mass is 548 g/mol. The molecule has 2 aliphatic rings. The highest BCUT2D eigenvalue weighted by Gasteiger charge is 2.32. The van der Waals surface area contributed by atoms with E-state index in [1.54, 1.807) is 23.6 Å². The third kappa shape index (κ3) is 5.57. The zero-order chi connectivity index (χ0) is 26.7. The number of carbonyl (C=O) groups excluding carboxylic acids is 3. The Labute approximate surface area is 221 Å². The molecule has 4 rings (SSSR count). The molecule has 1 aromatic heterocycles. The van der Waals surface area contributed by atoms with E-state index in [0.717, 1.165) is 10.4 Å². The summed E-state index contributed by atoms with van der Waals surface area (Å²) in [6.07, 6.45) is 0.532. The van der Waals surface area contributed by atoms with Gasteiger partial charge in [0, 0.05) is 50.1 Å². The molecule has 1 saturated heterocycles. The molecule has 10 nitrogen and oxygen atoms in total. The molecule has 0 unspecified atom stereocenters. The first-order valence-corrected chi connectivity index (χ1v) is 14.6. The van der Waals surface area contributed by atoms with Crippen LogP contribution in [0.15, 0.2) is 29.2 Å². The van der Waals surface area contributed by atoms with E-state index >= 15 is 0 Å². The average molecular weight is 549 g/mol. The number of amides is 3. The third-order valence-corrected chi connectivity index (χ3v) is 9.90. The van der Waals surface area contributed by atoms with Crippen molar-refractivity contribution in [2.24, 2.45) is 0 Å². The van der Waals surface area contributed by atoms with Crippen LogP contribution in [0.25, 0.3) is 0 Å². The number of ether oxygens (including phenoxy) is 1. The number of rotatable bonds is 7. The number of nitrogens with zero attached hydrogens (tertiary/aromatic N) is 3. The van der Waals surface area contributed by atoms with Gasteiger partial charge in [0.15, 0.2) is 0 Å². The van der Waals surface area contributed by atoms with Gasteiger partial charge in [0.05, 0.1) is 30.2 Å². The van der Waals surface area contributed by atoms with Crippen LogP contribution in [-0.4, -0.2) is 86.2 Å². The minimum atomic E-state index is -3.64. The van der Waals surface area contributed by atoms with Gasteiger partial charge in [-0.2, -0.15) is 4.31 Å². The molecule has 200 valence electrons. The zero-order valence-corrected chi connectivity index (χ0v) is 22.9. The quantitative estimate of drug-likeness (QED) is 0.568. The number of hydrogen-bond donors (Lipinski definition) is 1. The van der Waals surface area contributed by atoms with E-state index in [9.17, 15) is 22.8 Å². The summed E-state index contributed by atoms with van der Waals surface area (Å²) in [5.41, 5.74) is 1.62. The Bertz CT molecular complexity index is 1280. The van der Waals surface area contributed by atoms with Crippen LogP contribution in [0.1, 0.15) is 51.9 Å². The highest BCUT2D eigenvalue weighted by atomic mass is 32.2. The van der Waals surface area contributed by atoms with Crippen LogP contribution in [0.4, 0.5) is 5.00 Å². The van der Waals surface area contributed by atoms with Crippen molar-refractivity contribution in [1.82, 2.24) is 14.1 Å². The Hall–Kier alpha value is -2.80. The number of anilines is 1. The molecule has 0 spiro atoms. The number of hydrogen-bond acceptors (Lipinski definition) is 7. The van der Waals surface area contributed by atoms with Gasteiger partial charge in [0.2, 0.25) is 15.9 Å². The summed E-state index contributed by atoms with van der Waals surface area (Å²) < 4.78 is 32.3. The predicted octanol–water partition coefficient (Wildman–Crippen LogP) is 2.41. The summed E-state index contributed by atoms with van der Waals surface area (Å²) in [7, 11) is -3.64. The van der Waals surface area contributed by atoms with Crippen LogP contribution in [-0.2, 0) is 32.5 Å². The van der Waals surface area contributed by atoms with Crippen LogP contribution in [0.2, 0.25) is 0 Å². The van der Waals surface area contributed by atoms with E-state index in [1.807, 2.05) is 0 Å². The van der Waals surface area contributed by atoms with Gasteiger partial charge in [-0.25, -0.2) is 8.42 Å². The lowest BCUT2D eigenvalue weighted by Crippen LogP contribution is -2.41. The maximum Gasteiger partial charge on any atom is 0.257 e. The second-order valence-corrected chi connectivity index (χ2v) is 11.9. The first kappa shape index (κ1) is 27.2. The highest BCUT2D eigenvalue weighted by Crippen LogP contribution is 2.38. The average Bonchev–Trinajstić information content (AvgIpc) is 3.26. The van der Waals surface area contributed by atoms with Crippen LogP contribution >= 0.6 is 11.3 Å². The van der Waals surface area contributed by atoms with E-state index in [2.05, 4.69) is 5.32 Å². The molecule has 3 heterocycles. The van der Waals surface area contributed by atoms with E-state index in [0.29, 0.717) is 69.5 Å². The first-order chi connectivity index (χ1) is 17.7. The first-order valence-electron chi connectivity index (χ1n) is 12.4. The fourth-order valence-corrected chi connectivity index (χ4v) is 7.29. The number of nitrogens with one attached hydrogen (secondary N) is 1. The molecule has 0 saturated carbocycles. The topological polar surface area (TPSA) is 116 Å². The largest absolute Gasteiger partial charge is 0.378 e. The lowest BCUT2D eigenvalue weighted by molar-refractivity contribution is -0.129. The van der Waals surface area contributed by atoms with Crippen molar-refractivity contribution < 1.29 is 27.5 Å². The van der Waals surface area contributed by atoms with Gasteiger partial charge in [-0.3, -0.25) is 14.4 Å². The summed E-state index contributed by atoms with van der Waals surface area (Å²) in [6.45, 7) is 8.54. The summed E-state index contributed by atoms with van der Waals surface area (Å²) in [6, 6.07) is 5.79. The molecule has 12 heteroatoms. The van der Waals surface area contributed by atoms with E-state index in [4.69, 9.17) is 4.74 Å². The Kier molecular flexibility index (Phi) is 8.32. The van der Waals surface area contributed by atoms with Crippen LogP contribution < -0.4 is 5.32 Å². The van der Waals surface area contributed by atoms with Crippen molar-refractivity contribution in [2.45, 2.75) is 38.6 Å². The molecule has 1 fully saturated rings. The minimum Gasteiger partial charge on any atom is -0.378 e. The number of fused-ring (bicyclic) bond motifs is 1. The summed E-state index contributed by atoms with van der Waals surface area (Å²) in [5.74, 6) is -0.636. The molecule has 1 aromatic carbocycles. The Morgan fingerprint density at radius 3 is 2.27 bits per heavy atom. The number of carbonyl (C=O) groups is 3. The molecule has 37 heavy (non-hydrogen) atoms. The fourth-order valence-electron chi connectivity index (χ4n) is 4.58. The van der Waals surface area contributed by atoms with E-state index in [-0.39, 0.29) is 22.3 Å². The lowest BCUT2D eigenvalue weighted by atomic mass is 10.0. The van der Waals surface area contributed by atoms with Crippen LogP contribution in [0.5, 0.6) is 0 Å². The van der Waals surface area contributed by atoms with Crippen molar-refractivity contribution in [3.8, 4) is 0 Å². The van der Waals surface area contributed by atoms with E-state index < -0.39 is 15.9 Å². The van der Waals surface area contributed by atoms with Crippen LogP contribution in [0, 0.1) is 0 Å². The third-order valence-electron chi connectivity index (χ3n) is 6.70. The normalized spacial score (nSPS) is 16.0. The molecular formula is C25H32N4O6S2. The number of benzene rings is 1. The fraction of sp³-hybridized carbons (Fsp3) is 0.480. The molecule has 2 aliphatic heterocycles. The molecule has 0 radical (unpaired) electrons. The molecule has 1 N–H and O–H groups in total. The second kappa shape index (κ2) is 11.3. The Morgan fingerprint density at radius 1 is 1.03 bits per heavy atom. The molecule has 3 amide bonds. The summed E-state index contributed by atoms with van der Waals surface area (Å²) in [5, 5.41) is 3.33. The van der Waals surface area contributed by atoms with Crippen molar-refractivity contribution >= 4 is 44.1 Å². The van der Waals surface area contributed by atoms with Gasteiger partial charge < -0.3 is 19.9 Å². The Balaban J connectivity index is 1.62. The molecule has 0 atom stereocenters. The van der Waals surface area contributed by atoms with Crippen molar-refractivity contribution in [2.75, 3.05) is 51.3 Å². The standard InChI is InChI=1S/C25H32N4O6S2/c1-4-29(5-2)37(33,34)19-8-6-18(7-9-19)23(31)26-24-22(25(32)27-12-14-35-15-13-27)20-10-11-28(17(3)30)16-21(20)36-24/h6-9H,4-5,10-16H2,1-3H3,(H,26,31). The Morgan fingerprint density at radius 2 is 1.68 bits per heavy atom. The van der Waals surface area contributed by atoms with Gasteiger partial charge in [0.25, 0.3) is 11.8 Å². The number of thiophene rings is 1. The number of sulfonamides is 1. The zero-order valence-electron chi connectivity index (χ0n) is 21.3. The molecular weight excluding hydrogens is 516 g/mol. The van der Waals surface area contributed by atoms with Crippen molar-refractivity contribution in [3.63, 3.8) is 0 Å². The minimum absolute atomic E-state index is 0.0366. The molecule has 0 bridgehead atoms. The van der Waals surface area contributed by atoms with Gasteiger partial charge >= 0.3 is 0 Å². The molecule has 0 aliphatic carbocycles. The predicted molar refractivity (Wildman–Crippen MR) is 140 cm³/mol. The van der Waals surface area contributed by atoms with Crippen LogP contribution in [0.3, 0.4) is 0 Å². The maximum atomic E-state index is 13.5. The van der Waals surface area contributed by atoms with Gasteiger partial charge in [-0.1, -0.05) is 13.8 Å².